The number of carbonyl (C=O) groups is 3. The average Bonchev–Trinajstić information content (AvgIpc) is 2.79. The molecule has 178 valence electrons. The number of hydrogen-bond donors (Lipinski definition) is 2. The number of nitrogens with zero attached hydrogens (tertiary/aromatic N) is 1. The zero-order chi connectivity index (χ0) is 24.2. The Kier molecular flexibility index (Phi) is 10.6. The van der Waals surface area contributed by atoms with Gasteiger partial charge in [-0.1, -0.05) is 50.4 Å². The van der Waals surface area contributed by atoms with Gasteiger partial charge >= 0.3 is 12.1 Å². The number of carbonyl (C=O) groups excluding carboxylic acids is 3. The second kappa shape index (κ2) is 13.4. The lowest BCUT2D eigenvalue weighted by Crippen LogP contribution is -2.37. The molecule has 1 aromatic heterocycles. The van der Waals surface area contributed by atoms with E-state index in [-0.39, 0.29) is 36.4 Å². The number of esters is 1. The summed E-state index contributed by atoms with van der Waals surface area (Å²) in [5, 5.41) is 2.52. The lowest BCUT2D eigenvalue weighted by molar-refractivity contribution is -0.118. The molecule has 1 aromatic carbocycles. The van der Waals surface area contributed by atoms with E-state index in [1.165, 1.54) is 12.3 Å². The van der Waals surface area contributed by atoms with Gasteiger partial charge in [0.1, 0.15) is 12.7 Å². The Hall–Kier alpha value is -3.17. The molecule has 0 bridgehead atoms. The molecule has 33 heavy (non-hydrogen) atoms. The van der Waals surface area contributed by atoms with Crippen LogP contribution in [0.4, 0.5) is 4.79 Å². The molecule has 9 nitrogen and oxygen atoms in total. The van der Waals surface area contributed by atoms with E-state index in [1.54, 1.807) is 24.3 Å². The van der Waals surface area contributed by atoms with Gasteiger partial charge < -0.3 is 19.9 Å². The monoisotopic (exact) mass is 477 g/mol. The van der Waals surface area contributed by atoms with Crippen molar-refractivity contribution in [2.24, 2.45) is 5.73 Å². The topological polar surface area (TPSA) is 130 Å². The largest absolute Gasteiger partial charge is 0.483 e. The highest BCUT2D eigenvalue weighted by Crippen LogP contribution is 2.28. The average molecular weight is 478 g/mol. The Balaban J connectivity index is 2.23. The van der Waals surface area contributed by atoms with Crippen LogP contribution >= 0.6 is 11.6 Å². The number of nitrogens with two attached hydrogens (primary N) is 1. The molecule has 0 aliphatic rings. The minimum absolute atomic E-state index is 0.0253. The van der Waals surface area contributed by atoms with Gasteiger partial charge in [-0.2, -0.15) is 0 Å². The third-order valence-corrected chi connectivity index (χ3v) is 4.72. The van der Waals surface area contributed by atoms with E-state index in [0.29, 0.717) is 5.02 Å². The Labute approximate surface area is 197 Å². The molecule has 0 atom stereocenters. The Morgan fingerprint density at radius 2 is 1.79 bits per heavy atom. The summed E-state index contributed by atoms with van der Waals surface area (Å²) in [5.41, 5.74) is 6.11. The highest BCUT2D eigenvalue weighted by atomic mass is 35.5. The molecular weight excluding hydrogens is 450 g/mol. The van der Waals surface area contributed by atoms with Crippen LogP contribution in [0.1, 0.15) is 55.5 Å². The first-order valence-corrected chi connectivity index (χ1v) is 11.0. The molecule has 3 N–H and O–H groups in total. The Morgan fingerprint density at radius 3 is 2.39 bits per heavy atom. The van der Waals surface area contributed by atoms with Crippen molar-refractivity contribution in [2.45, 2.75) is 52.2 Å². The zero-order valence-corrected chi connectivity index (χ0v) is 19.4. The summed E-state index contributed by atoms with van der Waals surface area (Å²) in [6, 6.07) is 8.32. The lowest BCUT2D eigenvalue weighted by Gasteiger charge is -2.17. The SMILES string of the molecule is CCCC(CCC)OC(=O)c1cnc(OC(=O)NC(=O)CN)c(OCc2ccc(Cl)cc2)c1. The van der Waals surface area contributed by atoms with Gasteiger partial charge in [-0.05, 0) is 30.5 Å². The first kappa shape index (κ1) is 26.1. The summed E-state index contributed by atoms with van der Waals surface area (Å²) in [6.07, 6.45) is 3.22. The number of halogens is 1. The maximum atomic E-state index is 12.7. The fourth-order valence-electron chi connectivity index (χ4n) is 2.87. The van der Waals surface area contributed by atoms with Gasteiger partial charge in [0.25, 0.3) is 5.88 Å². The molecule has 0 aliphatic carbocycles. The molecule has 0 fully saturated rings. The summed E-state index contributed by atoms with van der Waals surface area (Å²) in [4.78, 5) is 40.0. The van der Waals surface area contributed by atoms with E-state index in [0.717, 1.165) is 31.2 Å². The smallest absolute Gasteiger partial charge is 0.420 e. The number of hydrogen-bond acceptors (Lipinski definition) is 8. The molecule has 2 rings (SSSR count). The zero-order valence-electron chi connectivity index (χ0n) is 18.6. The van der Waals surface area contributed by atoms with Crippen molar-refractivity contribution in [1.29, 1.82) is 0 Å². The Bertz CT molecular complexity index is 946. The number of nitrogens with one attached hydrogen (secondary N) is 1. The number of ether oxygens (including phenoxy) is 3. The summed E-state index contributed by atoms with van der Waals surface area (Å²) >= 11 is 5.90. The molecule has 0 saturated heterocycles. The fourth-order valence-corrected chi connectivity index (χ4v) is 3.00. The second-order valence-corrected chi connectivity index (χ2v) is 7.63. The predicted octanol–water partition coefficient (Wildman–Crippen LogP) is 4.01. The molecule has 0 radical (unpaired) electrons. The van der Waals surface area contributed by atoms with Crippen molar-refractivity contribution in [3.63, 3.8) is 0 Å². The molecule has 1 heterocycles. The molecule has 2 aromatic rings. The molecule has 0 unspecified atom stereocenters. The van der Waals surface area contributed by atoms with E-state index in [1.807, 2.05) is 19.2 Å². The normalized spacial score (nSPS) is 10.6. The van der Waals surface area contributed by atoms with E-state index in [2.05, 4.69) is 4.98 Å². The van der Waals surface area contributed by atoms with Crippen molar-refractivity contribution in [2.75, 3.05) is 6.54 Å². The van der Waals surface area contributed by atoms with Crippen molar-refractivity contribution >= 4 is 29.6 Å². The quantitative estimate of drug-likeness (QED) is 0.464. The van der Waals surface area contributed by atoms with Crippen LogP contribution in [-0.2, 0) is 16.1 Å². The van der Waals surface area contributed by atoms with Crippen molar-refractivity contribution < 1.29 is 28.6 Å². The van der Waals surface area contributed by atoms with E-state index >= 15 is 0 Å². The number of pyridine rings is 1. The Morgan fingerprint density at radius 1 is 1.12 bits per heavy atom. The van der Waals surface area contributed by atoms with Gasteiger partial charge in [-0.15, -0.1) is 0 Å². The van der Waals surface area contributed by atoms with Crippen LogP contribution in [0.3, 0.4) is 0 Å². The number of rotatable bonds is 11. The number of benzene rings is 1. The van der Waals surface area contributed by atoms with Crippen LogP contribution in [0.5, 0.6) is 11.6 Å². The number of imide groups is 1. The maximum absolute atomic E-state index is 12.7. The van der Waals surface area contributed by atoms with E-state index in [9.17, 15) is 14.4 Å². The van der Waals surface area contributed by atoms with Crippen LogP contribution in [0.15, 0.2) is 36.5 Å². The van der Waals surface area contributed by atoms with Gasteiger partial charge in [-0.3, -0.25) is 10.1 Å². The summed E-state index contributed by atoms with van der Waals surface area (Å²) < 4.78 is 16.4. The van der Waals surface area contributed by atoms with Crippen LogP contribution in [0, 0.1) is 0 Å². The van der Waals surface area contributed by atoms with Crippen molar-refractivity contribution in [1.82, 2.24) is 10.3 Å². The number of amides is 2. The molecule has 2 amide bonds. The molecular formula is C23H28ClN3O6. The minimum Gasteiger partial charge on any atom is -0.483 e. The van der Waals surface area contributed by atoms with Gasteiger partial charge in [0.15, 0.2) is 5.75 Å². The van der Waals surface area contributed by atoms with Crippen LogP contribution in [0.25, 0.3) is 0 Å². The van der Waals surface area contributed by atoms with Crippen LogP contribution in [0.2, 0.25) is 5.02 Å². The maximum Gasteiger partial charge on any atom is 0.420 e. The molecule has 0 saturated carbocycles. The first-order valence-electron chi connectivity index (χ1n) is 10.7. The summed E-state index contributed by atoms with van der Waals surface area (Å²) in [5.74, 6) is -1.47. The first-order chi connectivity index (χ1) is 15.9. The summed E-state index contributed by atoms with van der Waals surface area (Å²) in [6.45, 7) is 3.75. The highest BCUT2D eigenvalue weighted by molar-refractivity contribution is 6.30. The van der Waals surface area contributed by atoms with Crippen LogP contribution in [-0.4, -0.2) is 35.6 Å². The minimum atomic E-state index is -1.07. The predicted molar refractivity (Wildman–Crippen MR) is 122 cm³/mol. The number of aromatic nitrogens is 1. The van der Waals surface area contributed by atoms with Crippen molar-refractivity contribution in [3.05, 3.63) is 52.7 Å². The lowest BCUT2D eigenvalue weighted by atomic mass is 10.1. The van der Waals surface area contributed by atoms with Crippen molar-refractivity contribution in [3.8, 4) is 11.6 Å². The molecule has 0 aliphatic heterocycles. The molecule has 0 spiro atoms. The third-order valence-electron chi connectivity index (χ3n) is 4.47. The molecule has 10 heteroatoms. The van der Waals surface area contributed by atoms with E-state index in [4.69, 9.17) is 31.5 Å². The van der Waals surface area contributed by atoms with Gasteiger partial charge in [0, 0.05) is 17.3 Å². The van der Waals surface area contributed by atoms with Gasteiger partial charge in [0.2, 0.25) is 5.91 Å². The summed E-state index contributed by atoms with van der Waals surface area (Å²) in [7, 11) is 0. The fraction of sp³-hybridized carbons (Fsp3) is 0.391. The standard InChI is InChI=1S/C23H28ClN3O6/c1-3-5-18(6-4-2)32-22(29)16-11-19(31-14-15-7-9-17(24)10-8-15)21(26-13-16)33-23(30)27-20(28)12-25/h7-11,13,18H,3-6,12,14,25H2,1-2H3,(H,27,28,30). The van der Waals surface area contributed by atoms with Gasteiger partial charge in [0.05, 0.1) is 12.1 Å². The van der Waals surface area contributed by atoms with Gasteiger partial charge in [-0.25, -0.2) is 14.6 Å². The van der Waals surface area contributed by atoms with Crippen LogP contribution < -0.4 is 20.5 Å². The highest BCUT2D eigenvalue weighted by Gasteiger charge is 2.20. The van der Waals surface area contributed by atoms with E-state index < -0.39 is 18.0 Å². The second-order valence-electron chi connectivity index (χ2n) is 7.19. The third kappa shape index (κ3) is 8.70.